The Hall–Kier alpha value is -1.06. The molecule has 14 heavy (non-hydrogen) atoms. The molecule has 3 nitrogen and oxygen atoms in total. The number of benzene rings is 1. The van der Waals surface area contributed by atoms with E-state index in [1.807, 2.05) is 12.1 Å². The summed E-state index contributed by atoms with van der Waals surface area (Å²) >= 11 is 0. The van der Waals surface area contributed by atoms with Crippen molar-refractivity contribution in [1.29, 1.82) is 0 Å². The van der Waals surface area contributed by atoms with E-state index < -0.39 is 0 Å². The van der Waals surface area contributed by atoms with Crippen molar-refractivity contribution < 1.29 is 5.11 Å². The first-order valence-electron chi connectivity index (χ1n) is 4.97. The van der Waals surface area contributed by atoms with Crippen LogP contribution in [-0.4, -0.2) is 5.11 Å². The third-order valence-electron chi connectivity index (χ3n) is 2.83. The smallest absolute Gasteiger partial charge is 0.0685 e. The quantitative estimate of drug-likeness (QED) is 0.629. The molecule has 1 fully saturated rings. The van der Waals surface area contributed by atoms with Crippen molar-refractivity contribution in [2.45, 2.75) is 25.5 Å². The Morgan fingerprint density at radius 2 is 2.14 bits per heavy atom. The number of rotatable bonds is 3. The maximum absolute atomic E-state index is 9.18. The fourth-order valence-corrected chi connectivity index (χ4v) is 1.80. The van der Waals surface area contributed by atoms with Crippen LogP contribution in [0.2, 0.25) is 0 Å². The van der Waals surface area contributed by atoms with Gasteiger partial charge in [0.2, 0.25) is 0 Å². The molecule has 0 aromatic heterocycles. The van der Waals surface area contributed by atoms with E-state index in [4.69, 9.17) is 11.5 Å². The van der Waals surface area contributed by atoms with Crippen LogP contribution < -0.4 is 11.5 Å². The van der Waals surface area contributed by atoms with Gasteiger partial charge >= 0.3 is 0 Å². The summed E-state index contributed by atoms with van der Waals surface area (Å²) < 4.78 is 0. The maximum Gasteiger partial charge on any atom is 0.0685 e. The lowest BCUT2D eigenvalue weighted by Crippen LogP contribution is -2.14. The molecule has 1 saturated carbocycles. The van der Waals surface area contributed by atoms with E-state index in [9.17, 15) is 5.11 Å². The standard InChI is InChI=1S/C11H16N2O/c12-9-3-4-10(8(5-9)6-14)11(13)7-1-2-7/h3-5,7,11,14H,1-2,6,12-13H2/t11-/m1/s1. The van der Waals surface area contributed by atoms with Gasteiger partial charge in [-0.2, -0.15) is 0 Å². The zero-order chi connectivity index (χ0) is 10.1. The average molecular weight is 192 g/mol. The highest BCUT2D eigenvalue weighted by Gasteiger charge is 2.30. The van der Waals surface area contributed by atoms with E-state index >= 15 is 0 Å². The van der Waals surface area contributed by atoms with Gasteiger partial charge in [-0.15, -0.1) is 0 Å². The third kappa shape index (κ3) is 1.74. The molecule has 1 atom stereocenters. The molecule has 1 aromatic rings. The highest BCUT2D eigenvalue weighted by Crippen LogP contribution is 2.40. The predicted molar refractivity (Wildman–Crippen MR) is 56.4 cm³/mol. The fraction of sp³-hybridized carbons (Fsp3) is 0.455. The zero-order valence-corrected chi connectivity index (χ0v) is 8.11. The minimum atomic E-state index is 0.0147. The van der Waals surface area contributed by atoms with E-state index in [0.29, 0.717) is 11.6 Å². The van der Waals surface area contributed by atoms with Gasteiger partial charge in [-0.1, -0.05) is 6.07 Å². The topological polar surface area (TPSA) is 72.3 Å². The van der Waals surface area contributed by atoms with E-state index in [-0.39, 0.29) is 12.6 Å². The summed E-state index contributed by atoms with van der Waals surface area (Å²) in [7, 11) is 0. The molecule has 1 aromatic carbocycles. The first-order chi connectivity index (χ1) is 6.72. The number of nitrogens with two attached hydrogens (primary N) is 2. The zero-order valence-electron chi connectivity index (χ0n) is 8.11. The van der Waals surface area contributed by atoms with Gasteiger partial charge in [-0.05, 0) is 42.0 Å². The van der Waals surface area contributed by atoms with Crippen molar-refractivity contribution in [3.05, 3.63) is 29.3 Å². The summed E-state index contributed by atoms with van der Waals surface area (Å²) in [4.78, 5) is 0. The second kappa shape index (κ2) is 3.59. The highest BCUT2D eigenvalue weighted by atomic mass is 16.3. The normalized spacial score (nSPS) is 18.1. The molecule has 2 rings (SSSR count). The van der Waals surface area contributed by atoms with E-state index in [0.717, 1.165) is 11.1 Å². The molecule has 0 amide bonds. The van der Waals surface area contributed by atoms with Crippen LogP contribution in [0.15, 0.2) is 18.2 Å². The van der Waals surface area contributed by atoms with Crippen LogP contribution >= 0.6 is 0 Å². The number of nitrogen functional groups attached to an aromatic ring is 1. The van der Waals surface area contributed by atoms with Crippen LogP contribution in [0.1, 0.15) is 30.0 Å². The Kier molecular flexibility index (Phi) is 2.44. The summed E-state index contributed by atoms with van der Waals surface area (Å²) in [5.41, 5.74) is 14.3. The lowest BCUT2D eigenvalue weighted by molar-refractivity contribution is 0.279. The van der Waals surface area contributed by atoms with Gasteiger partial charge in [0, 0.05) is 11.7 Å². The van der Waals surface area contributed by atoms with E-state index in [2.05, 4.69) is 0 Å². The maximum atomic E-state index is 9.18. The number of aliphatic hydroxyl groups is 1. The molecule has 0 saturated heterocycles. The van der Waals surface area contributed by atoms with Crippen molar-refractivity contribution in [1.82, 2.24) is 0 Å². The summed E-state index contributed by atoms with van der Waals surface area (Å²) in [6.45, 7) is 0.0147. The SMILES string of the molecule is Nc1ccc([C@H](N)C2CC2)c(CO)c1. The van der Waals surface area contributed by atoms with Crippen LogP contribution in [0.5, 0.6) is 0 Å². The summed E-state index contributed by atoms with van der Waals surface area (Å²) in [6, 6.07) is 5.65. The van der Waals surface area contributed by atoms with Crippen LogP contribution in [-0.2, 0) is 6.61 Å². The first kappa shape index (κ1) is 9.49. The second-order valence-corrected chi connectivity index (χ2v) is 3.98. The Morgan fingerprint density at radius 1 is 1.43 bits per heavy atom. The third-order valence-corrected chi connectivity index (χ3v) is 2.83. The highest BCUT2D eigenvalue weighted by molar-refractivity contribution is 5.45. The van der Waals surface area contributed by atoms with Crippen molar-refractivity contribution >= 4 is 5.69 Å². The molecule has 0 spiro atoms. The number of anilines is 1. The Balaban J connectivity index is 2.30. The van der Waals surface area contributed by atoms with E-state index in [1.54, 1.807) is 6.07 Å². The Bertz CT molecular complexity index is 334. The number of hydrogen-bond acceptors (Lipinski definition) is 3. The molecule has 1 aliphatic carbocycles. The Labute approximate surface area is 83.7 Å². The predicted octanol–water partition coefficient (Wildman–Crippen LogP) is 1.17. The van der Waals surface area contributed by atoms with Crippen LogP contribution in [0.3, 0.4) is 0 Å². The van der Waals surface area contributed by atoms with Gasteiger partial charge in [0.15, 0.2) is 0 Å². The molecule has 0 heterocycles. The summed E-state index contributed by atoms with van der Waals surface area (Å²) in [5, 5.41) is 9.18. The molecular weight excluding hydrogens is 176 g/mol. The largest absolute Gasteiger partial charge is 0.399 e. The van der Waals surface area contributed by atoms with Crippen LogP contribution in [0.4, 0.5) is 5.69 Å². The van der Waals surface area contributed by atoms with Gasteiger partial charge in [0.1, 0.15) is 0 Å². The van der Waals surface area contributed by atoms with E-state index in [1.165, 1.54) is 12.8 Å². The van der Waals surface area contributed by atoms with Gasteiger partial charge in [0.05, 0.1) is 6.61 Å². The monoisotopic (exact) mass is 192 g/mol. The fourth-order valence-electron chi connectivity index (χ4n) is 1.80. The van der Waals surface area contributed by atoms with Crippen LogP contribution in [0.25, 0.3) is 0 Å². The molecule has 1 aliphatic rings. The van der Waals surface area contributed by atoms with Crippen molar-refractivity contribution in [2.75, 3.05) is 5.73 Å². The van der Waals surface area contributed by atoms with Gasteiger partial charge in [-0.3, -0.25) is 0 Å². The molecule has 3 heteroatoms. The average Bonchev–Trinajstić information content (AvgIpc) is 3.00. The van der Waals surface area contributed by atoms with Crippen LogP contribution in [0, 0.1) is 5.92 Å². The molecule has 0 radical (unpaired) electrons. The number of aliphatic hydroxyl groups excluding tert-OH is 1. The summed E-state index contributed by atoms with van der Waals surface area (Å²) in [6.07, 6.45) is 2.41. The second-order valence-electron chi connectivity index (χ2n) is 3.98. The molecule has 0 aliphatic heterocycles. The minimum Gasteiger partial charge on any atom is -0.399 e. The first-order valence-corrected chi connectivity index (χ1v) is 4.97. The van der Waals surface area contributed by atoms with Gasteiger partial charge in [-0.25, -0.2) is 0 Å². The molecule has 0 bridgehead atoms. The molecule has 0 unspecified atom stereocenters. The number of hydrogen-bond donors (Lipinski definition) is 3. The summed E-state index contributed by atoms with van der Waals surface area (Å²) in [5.74, 6) is 0.601. The van der Waals surface area contributed by atoms with Crippen molar-refractivity contribution in [2.24, 2.45) is 11.7 Å². The Morgan fingerprint density at radius 3 is 2.71 bits per heavy atom. The van der Waals surface area contributed by atoms with Gasteiger partial charge in [0.25, 0.3) is 0 Å². The molecule has 76 valence electrons. The molecular formula is C11H16N2O. The lowest BCUT2D eigenvalue weighted by atomic mass is 9.97. The van der Waals surface area contributed by atoms with Crippen molar-refractivity contribution in [3.63, 3.8) is 0 Å². The minimum absolute atomic E-state index is 0.0147. The molecule has 5 N–H and O–H groups in total. The van der Waals surface area contributed by atoms with Gasteiger partial charge < -0.3 is 16.6 Å². The van der Waals surface area contributed by atoms with Crippen molar-refractivity contribution in [3.8, 4) is 0 Å². The lowest BCUT2D eigenvalue weighted by Gasteiger charge is -2.15.